The van der Waals surface area contributed by atoms with Crippen LogP contribution in [0.5, 0.6) is 0 Å². The largest absolute Gasteiger partial charge is 0.379 e. The summed E-state index contributed by atoms with van der Waals surface area (Å²) in [6.45, 7) is 3.99. The molecule has 1 aliphatic heterocycles. The van der Waals surface area contributed by atoms with E-state index in [4.69, 9.17) is 4.74 Å². The zero-order valence-electron chi connectivity index (χ0n) is 9.55. The number of anilines is 1. The molecule has 2 unspecified atom stereocenters. The van der Waals surface area contributed by atoms with Crippen molar-refractivity contribution in [3.8, 4) is 0 Å². The lowest BCUT2D eigenvalue weighted by Crippen LogP contribution is -2.41. The number of carbonyl (C=O) groups excluding carboxylic acids is 1. The Labute approximate surface area is 103 Å². The van der Waals surface area contributed by atoms with Gasteiger partial charge in [0.05, 0.1) is 19.1 Å². The number of amides is 1. The molecule has 1 fully saturated rings. The number of nitrogens with zero attached hydrogens (tertiary/aromatic N) is 3. The van der Waals surface area contributed by atoms with E-state index in [0.717, 1.165) is 24.5 Å². The van der Waals surface area contributed by atoms with Crippen molar-refractivity contribution in [1.82, 2.24) is 20.1 Å². The molecule has 0 aromatic carbocycles. The van der Waals surface area contributed by atoms with Crippen molar-refractivity contribution >= 4 is 22.6 Å². The van der Waals surface area contributed by atoms with Crippen LogP contribution in [0.4, 0.5) is 5.13 Å². The number of nitrogens with one attached hydrogen (secondary N) is 2. The molecule has 0 saturated carbocycles. The summed E-state index contributed by atoms with van der Waals surface area (Å²) < 4.78 is 8.92. The predicted octanol–water partition coefficient (Wildman–Crippen LogP) is -0.114. The van der Waals surface area contributed by atoms with Gasteiger partial charge in [-0.2, -0.15) is 0 Å². The Morgan fingerprint density at radius 2 is 2.47 bits per heavy atom. The van der Waals surface area contributed by atoms with E-state index in [9.17, 15) is 4.79 Å². The molecule has 0 spiro atoms. The fraction of sp³-hybridized carbons (Fsp3) is 0.778. The zero-order valence-corrected chi connectivity index (χ0v) is 10.4. The zero-order chi connectivity index (χ0) is 12.1. The van der Waals surface area contributed by atoms with E-state index in [0.29, 0.717) is 18.3 Å². The normalized spacial score (nSPS) is 23.8. The number of aromatic nitrogens is 3. The highest BCUT2D eigenvalue weighted by molar-refractivity contribution is 7.09. The van der Waals surface area contributed by atoms with Crippen LogP contribution in [0.15, 0.2) is 0 Å². The monoisotopic (exact) mass is 257 g/mol. The lowest BCUT2D eigenvalue weighted by atomic mass is 10.0. The maximum Gasteiger partial charge on any atom is 0.233 e. The molecule has 1 aromatic heterocycles. The molecule has 0 aliphatic carbocycles. The summed E-state index contributed by atoms with van der Waals surface area (Å²) in [7, 11) is 0. The lowest BCUT2D eigenvalue weighted by Gasteiger charge is -2.17. The lowest BCUT2D eigenvalue weighted by molar-refractivity contribution is -0.120. The molecule has 2 N–H and O–H groups in total. The second kappa shape index (κ2) is 5.99. The van der Waals surface area contributed by atoms with E-state index in [1.807, 2.05) is 0 Å². The van der Waals surface area contributed by atoms with Crippen LogP contribution >= 0.6 is 11.5 Å². The average molecular weight is 257 g/mol. The molecule has 1 amide bonds. The van der Waals surface area contributed by atoms with Crippen LogP contribution in [0.1, 0.15) is 13.3 Å². The first kappa shape index (κ1) is 12.3. The maximum atomic E-state index is 12.0. The molecular formula is C9H15N5O2S. The molecule has 2 atom stereocenters. The van der Waals surface area contributed by atoms with Gasteiger partial charge >= 0.3 is 0 Å². The highest BCUT2D eigenvalue weighted by Gasteiger charge is 2.33. The molecule has 1 aliphatic rings. The van der Waals surface area contributed by atoms with E-state index < -0.39 is 0 Å². The molecule has 2 rings (SSSR count). The van der Waals surface area contributed by atoms with Gasteiger partial charge in [0.2, 0.25) is 11.0 Å². The second-order valence-corrected chi connectivity index (χ2v) is 4.59. The maximum absolute atomic E-state index is 12.0. The Kier molecular flexibility index (Phi) is 4.35. The van der Waals surface area contributed by atoms with Crippen LogP contribution in [-0.2, 0) is 9.53 Å². The van der Waals surface area contributed by atoms with Gasteiger partial charge in [0, 0.05) is 17.6 Å². The summed E-state index contributed by atoms with van der Waals surface area (Å²) in [6, 6.07) is 0.0795. The quantitative estimate of drug-likeness (QED) is 0.765. The van der Waals surface area contributed by atoms with Gasteiger partial charge in [-0.05, 0) is 18.2 Å². The van der Waals surface area contributed by atoms with Crippen LogP contribution in [0.25, 0.3) is 0 Å². The number of hydrogen-bond acceptors (Lipinski definition) is 7. The Hall–Kier alpha value is -1.12. The van der Waals surface area contributed by atoms with Gasteiger partial charge in [0.1, 0.15) is 0 Å². The summed E-state index contributed by atoms with van der Waals surface area (Å²) in [4.78, 5) is 12.0. The molecule has 17 heavy (non-hydrogen) atoms. The summed E-state index contributed by atoms with van der Waals surface area (Å²) in [5, 5.41) is 13.5. The Balaban J connectivity index is 1.89. The molecule has 7 nitrogen and oxygen atoms in total. The third-order valence-corrected chi connectivity index (χ3v) is 3.11. The van der Waals surface area contributed by atoms with Crippen molar-refractivity contribution in [3.05, 3.63) is 0 Å². The number of ether oxygens (including phenoxy) is 1. The van der Waals surface area contributed by atoms with Gasteiger partial charge in [0.25, 0.3) is 0 Å². The van der Waals surface area contributed by atoms with Crippen LogP contribution in [-0.4, -0.2) is 46.5 Å². The molecule has 2 heterocycles. The van der Waals surface area contributed by atoms with Crippen LogP contribution in [0.3, 0.4) is 0 Å². The molecular weight excluding hydrogens is 242 g/mol. The van der Waals surface area contributed by atoms with E-state index >= 15 is 0 Å². The molecule has 0 radical (unpaired) electrons. The Bertz CT molecular complexity index is 358. The van der Waals surface area contributed by atoms with Crippen molar-refractivity contribution in [3.63, 3.8) is 0 Å². The van der Waals surface area contributed by atoms with Gasteiger partial charge < -0.3 is 10.1 Å². The van der Waals surface area contributed by atoms with E-state index in [1.54, 1.807) is 0 Å². The van der Waals surface area contributed by atoms with E-state index in [-0.39, 0.29) is 17.9 Å². The number of carbonyl (C=O) groups is 1. The SMILES string of the molecule is CCCNC1COCC1C(=O)Nc1nnns1. The van der Waals surface area contributed by atoms with E-state index in [2.05, 4.69) is 32.4 Å². The van der Waals surface area contributed by atoms with Crippen LogP contribution in [0.2, 0.25) is 0 Å². The van der Waals surface area contributed by atoms with Crippen molar-refractivity contribution in [2.24, 2.45) is 5.92 Å². The third kappa shape index (κ3) is 3.18. The van der Waals surface area contributed by atoms with Gasteiger partial charge in [-0.1, -0.05) is 16.5 Å². The first-order chi connectivity index (χ1) is 8.31. The highest BCUT2D eigenvalue weighted by atomic mass is 32.1. The summed E-state index contributed by atoms with van der Waals surface area (Å²) in [5.41, 5.74) is 0. The second-order valence-electron chi connectivity index (χ2n) is 3.86. The van der Waals surface area contributed by atoms with E-state index in [1.165, 1.54) is 0 Å². The summed E-state index contributed by atoms with van der Waals surface area (Å²) >= 11 is 1.06. The minimum absolute atomic E-state index is 0.0795. The summed E-state index contributed by atoms with van der Waals surface area (Å²) in [5.74, 6) is -0.264. The van der Waals surface area contributed by atoms with Crippen LogP contribution < -0.4 is 10.6 Å². The Morgan fingerprint density at radius 1 is 1.59 bits per heavy atom. The summed E-state index contributed by atoms with van der Waals surface area (Å²) in [6.07, 6.45) is 1.03. The van der Waals surface area contributed by atoms with Crippen molar-refractivity contribution < 1.29 is 9.53 Å². The van der Waals surface area contributed by atoms with Crippen molar-refractivity contribution in [1.29, 1.82) is 0 Å². The highest BCUT2D eigenvalue weighted by Crippen LogP contribution is 2.16. The predicted molar refractivity (Wildman–Crippen MR) is 62.7 cm³/mol. The standard InChI is InChI=1S/C9H15N5O2S/c1-2-3-10-7-5-16-4-6(7)8(15)11-9-12-13-14-17-9/h6-7,10H,2-5H2,1H3,(H,11,12,14,15). The minimum Gasteiger partial charge on any atom is -0.379 e. The molecule has 1 saturated heterocycles. The fourth-order valence-electron chi connectivity index (χ4n) is 1.72. The molecule has 8 heteroatoms. The smallest absolute Gasteiger partial charge is 0.233 e. The first-order valence-corrected chi connectivity index (χ1v) is 6.35. The molecule has 0 bridgehead atoms. The minimum atomic E-state index is -0.176. The topological polar surface area (TPSA) is 89.0 Å². The molecule has 94 valence electrons. The molecule has 1 aromatic rings. The van der Waals surface area contributed by atoms with Crippen molar-refractivity contribution in [2.45, 2.75) is 19.4 Å². The van der Waals surface area contributed by atoms with Gasteiger partial charge in [-0.3, -0.25) is 10.1 Å². The number of hydrogen-bond donors (Lipinski definition) is 2. The third-order valence-electron chi connectivity index (χ3n) is 2.60. The average Bonchev–Trinajstić information content (AvgIpc) is 2.96. The van der Waals surface area contributed by atoms with Gasteiger partial charge in [-0.15, -0.1) is 0 Å². The van der Waals surface area contributed by atoms with Gasteiger partial charge in [-0.25, -0.2) is 0 Å². The van der Waals surface area contributed by atoms with Crippen molar-refractivity contribution in [2.75, 3.05) is 25.1 Å². The Morgan fingerprint density at radius 3 is 3.18 bits per heavy atom. The van der Waals surface area contributed by atoms with Gasteiger partial charge in [0.15, 0.2) is 0 Å². The first-order valence-electron chi connectivity index (χ1n) is 5.58. The number of rotatable bonds is 5. The fourth-order valence-corrected chi connectivity index (χ4v) is 2.09. The van der Waals surface area contributed by atoms with Crippen LogP contribution in [0, 0.1) is 5.92 Å².